The fraction of sp³-hybridized carbons (Fsp3) is 0.500. The summed E-state index contributed by atoms with van der Waals surface area (Å²) in [5, 5.41) is 12.2. The average molecular weight is 290 g/mol. The van der Waals surface area contributed by atoms with Gasteiger partial charge in [0.05, 0.1) is 5.41 Å². The first-order valence-electron chi connectivity index (χ1n) is 7.19. The molecule has 2 N–H and O–H groups in total. The predicted octanol–water partition coefficient (Wildman–Crippen LogP) is 2.78. The second kappa shape index (κ2) is 5.76. The first-order valence-corrected chi connectivity index (χ1v) is 7.19. The van der Waals surface area contributed by atoms with E-state index in [1.807, 2.05) is 31.2 Å². The molecule has 0 radical (unpaired) electrons. The Balaban J connectivity index is 2.07. The highest BCUT2D eigenvalue weighted by Gasteiger charge is 2.46. The maximum Gasteiger partial charge on any atom is 0.321 e. The van der Waals surface area contributed by atoms with E-state index in [1.54, 1.807) is 14.0 Å². The van der Waals surface area contributed by atoms with Crippen molar-refractivity contribution in [3.05, 3.63) is 29.8 Å². The van der Waals surface area contributed by atoms with Crippen LogP contribution in [0.5, 0.6) is 0 Å². The van der Waals surface area contributed by atoms with Crippen molar-refractivity contribution in [1.82, 2.24) is 5.32 Å². The summed E-state index contributed by atoms with van der Waals surface area (Å²) in [5.41, 5.74) is 1.04. The van der Waals surface area contributed by atoms with Gasteiger partial charge in [-0.1, -0.05) is 24.1 Å². The van der Waals surface area contributed by atoms with E-state index in [9.17, 15) is 14.7 Å². The van der Waals surface area contributed by atoms with Gasteiger partial charge >= 0.3 is 12.0 Å². The molecule has 5 nitrogen and oxygen atoms in total. The van der Waals surface area contributed by atoms with Gasteiger partial charge in [-0.05, 0) is 38.8 Å². The van der Waals surface area contributed by atoms with E-state index in [1.165, 1.54) is 4.90 Å². The number of benzene rings is 1. The lowest BCUT2D eigenvalue weighted by Gasteiger charge is -2.29. The van der Waals surface area contributed by atoms with Crippen molar-refractivity contribution in [3.8, 4) is 0 Å². The van der Waals surface area contributed by atoms with Gasteiger partial charge in [0.1, 0.15) is 0 Å². The quantitative estimate of drug-likeness (QED) is 0.899. The van der Waals surface area contributed by atoms with Crippen LogP contribution in [0.25, 0.3) is 0 Å². The minimum Gasteiger partial charge on any atom is -0.481 e. The van der Waals surface area contributed by atoms with E-state index < -0.39 is 11.4 Å². The second-order valence-corrected chi connectivity index (χ2v) is 6.01. The number of amides is 2. The van der Waals surface area contributed by atoms with Crippen molar-refractivity contribution in [1.29, 1.82) is 0 Å². The third-order valence-corrected chi connectivity index (χ3v) is 4.47. The topological polar surface area (TPSA) is 69.6 Å². The van der Waals surface area contributed by atoms with Crippen molar-refractivity contribution in [2.75, 3.05) is 11.9 Å². The molecule has 0 aromatic heterocycles. The Bertz CT molecular complexity index is 541. The van der Waals surface area contributed by atoms with Gasteiger partial charge in [-0.25, -0.2) is 4.79 Å². The zero-order chi connectivity index (χ0) is 15.6. The smallest absolute Gasteiger partial charge is 0.321 e. The molecular formula is C16H22N2O3. The van der Waals surface area contributed by atoms with Gasteiger partial charge in [-0.3, -0.25) is 9.69 Å². The SMILES string of the molecule is Cc1ccc(N(C)C(=O)NC2CCCC2(C)C(=O)O)cc1. The standard InChI is InChI=1S/C16H22N2O3/c1-11-6-8-12(9-7-11)18(3)15(21)17-13-5-4-10-16(13,2)14(19)20/h6-9,13H,4-5,10H2,1-3H3,(H,17,21)(H,19,20). The Labute approximate surface area is 125 Å². The molecule has 0 heterocycles. The molecule has 1 aliphatic carbocycles. The Kier molecular flexibility index (Phi) is 4.21. The molecule has 5 heteroatoms. The highest BCUT2D eigenvalue weighted by Crippen LogP contribution is 2.38. The summed E-state index contributed by atoms with van der Waals surface area (Å²) >= 11 is 0. The zero-order valence-corrected chi connectivity index (χ0v) is 12.7. The average Bonchev–Trinajstić information content (AvgIpc) is 2.81. The van der Waals surface area contributed by atoms with Gasteiger partial charge in [0.2, 0.25) is 0 Å². The van der Waals surface area contributed by atoms with Crippen LogP contribution in [0, 0.1) is 12.3 Å². The summed E-state index contributed by atoms with van der Waals surface area (Å²) in [5.74, 6) is -0.844. The van der Waals surface area contributed by atoms with Gasteiger partial charge in [-0.2, -0.15) is 0 Å². The molecule has 0 bridgehead atoms. The number of rotatable bonds is 3. The molecule has 21 heavy (non-hydrogen) atoms. The number of anilines is 1. The van der Waals surface area contributed by atoms with Crippen molar-refractivity contribution in [2.24, 2.45) is 5.41 Å². The molecule has 1 aromatic rings. The van der Waals surface area contributed by atoms with Crippen LogP contribution in [0.2, 0.25) is 0 Å². The molecule has 0 saturated heterocycles. The lowest BCUT2D eigenvalue weighted by atomic mass is 9.85. The minimum atomic E-state index is -0.871. The van der Waals surface area contributed by atoms with Crippen LogP contribution < -0.4 is 10.2 Å². The molecule has 2 rings (SSSR count). The van der Waals surface area contributed by atoms with E-state index in [0.29, 0.717) is 12.8 Å². The number of urea groups is 1. The molecule has 2 atom stereocenters. The van der Waals surface area contributed by atoms with E-state index in [-0.39, 0.29) is 12.1 Å². The van der Waals surface area contributed by atoms with Crippen LogP contribution in [0.1, 0.15) is 31.7 Å². The monoisotopic (exact) mass is 290 g/mol. The third kappa shape index (κ3) is 3.01. The summed E-state index contributed by atoms with van der Waals surface area (Å²) in [7, 11) is 1.69. The van der Waals surface area contributed by atoms with Crippen LogP contribution in [-0.2, 0) is 4.79 Å². The van der Waals surface area contributed by atoms with Gasteiger partial charge in [0.25, 0.3) is 0 Å². The van der Waals surface area contributed by atoms with E-state index in [0.717, 1.165) is 17.7 Å². The van der Waals surface area contributed by atoms with Gasteiger partial charge in [-0.15, -0.1) is 0 Å². The molecule has 0 aliphatic heterocycles. The number of carbonyl (C=O) groups is 2. The van der Waals surface area contributed by atoms with Crippen LogP contribution in [0.4, 0.5) is 10.5 Å². The molecule has 2 amide bonds. The van der Waals surface area contributed by atoms with E-state index >= 15 is 0 Å². The summed E-state index contributed by atoms with van der Waals surface area (Å²) in [6, 6.07) is 7.04. The Morgan fingerprint density at radius 1 is 1.33 bits per heavy atom. The van der Waals surface area contributed by atoms with Gasteiger partial charge in [0, 0.05) is 18.8 Å². The molecule has 0 spiro atoms. The summed E-state index contributed by atoms with van der Waals surface area (Å²) in [6.45, 7) is 3.69. The van der Waals surface area contributed by atoms with Crippen molar-refractivity contribution in [2.45, 2.75) is 39.2 Å². The van der Waals surface area contributed by atoms with Crippen LogP contribution >= 0.6 is 0 Å². The molecule has 114 valence electrons. The lowest BCUT2D eigenvalue weighted by molar-refractivity contribution is -0.148. The maximum absolute atomic E-state index is 12.3. The first-order chi connectivity index (χ1) is 9.84. The van der Waals surface area contributed by atoms with Crippen molar-refractivity contribution < 1.29 is 14.7 Å². The Morgan fingerprint density at radius 3 is 2.52 bits per heavy atom. The highest BCUT2D eigenvalue weighted by molar-refractivity contribution is 5.92. The summed E-state index contributed by atoms with van der Waals surface area (Å²) < 4.78 is 0. The minimum absolute atomic E-state index is 0.266. The number of nitrogens with one attached hydrogen (secondary N) is 1. The molecule has 1 fully saturated rings. The number of hydrogen-bond acceptors (Lipinski definition) is 2. The summed E-state index contributed by atoms with van der Waals surface area (Å²) in [4.78, 5) is 25.3. The molecule has 1 aliphatic rings. The highest BCUT2D eigenvalue weighted by atomic mass is 16.4. The fourth-order valence-electron chi connectivity index (χ4n) is 2.79. The zero-order valence-electron chi connectivity index (χ0n) is 12.7. The largest absolute Gasteiger partial charge is 0.481 e. The second-order valence-electron chi connectivity index (χ2n) is 6.01. The van der Waals surface area contributed by atoms with Gasteiger partial charge in [0.15, 0.2) is 0 Å². The normalized spacial score (nSPS) is 24.6. The van der Waals surface area contributed by atoms with Crippen molar-refractivity contribution >= 4 is 17.7 Å². The number of hydrogen-bond donors (Lipinski definition) is 2. The number of carbonyl (C=O) groups excluding carboxylic acids is 1. The molecular weight excluding hydrogens is 268 g/mol. The van der Waals surface area contributed by atoms with E-state index in [2.05, 4.69) is 5.32 Å². The maximum atomic E-state index is 12.3. The van der Waals surface area contributed by atoms with Gasteiger partial charge < -0.3 is 10.4 Å². The predicted molar refractivity (Wildman–Crippen MR) is 81.5 cm³/mol. The van der Waals surface area contributed by atoms with E-state index in [4.69, 9.17) is 0 Å². The molecule has 2 unspecified atom stereocenters. The summed E-state index contributed by atoms with van der Waals surface area (Å²) in [6.07, 6.45) is 2.12. The lowest BCUT2D eigenvalue weighted by Crippen LogP contribution is -2.50. The Morgan fingerprint density at radius 2 is 1.95 bits per heavy atom. The van der Waals surface area contributed by atoms with Crippen LogP contribution in [-0.4, -0.2) is 30.2 Å². The Hall–Kier alpha value is -2.04. The van der Waals surface area contributed by atoms with Crippen LogP contribution in [0.15, 0.2) is 24.3 Å². The molecule has 1 saturated carbocycles. The number of nitrogens with zero attached hydrogens (tertiary/aromatic N) is 1. The number of carboxylic acid groups (broad SMARTS) is 1. The van der Waals surface area contributed by atoms with Crippen molar-refractivity contribution in [3.63, 3.8) is 0 Å². The number of aryl methyl sites for hydroxylation is 1. The molecule has 1 aromatic carbocycles. The van der Waals surface area contributed by atoms with Crippen LogP contribution in [0.3, 0.4) is 0 Å². The fourth-order valence-corrected chi connectivity index (χ4v) is 2.79. The number of carboxylic acids is 1. The third-order valence-electron chi connectivity index (χ3n) is 4.47. The number of aliphatic carboxylic acids is 1. The first kappa shape index (κ1) is 15.4.